The third-order valence-electron chi connectivity index (χ3n) is 3.31. The van der Waals surface area contributed by atoms with E-state index in [-0.39, 0.29) is 19.1 Å². The number of aliphatic hydroxyl groups is 2. The van der Waals surface area contributed by atoms with Crippen LogP contribution in [0.1, 0.15) is 19.8 Å². The molecule has 0 aromatic heterocycles. The van der Waals surface area contributed by atoms with Gasteiger partial charge in [-0.05, 0) is 19.9 Å². The first-order valence-electron chi connectivity index (χ1n) is 6.08. The van der Waals surface area contributed by atoms with Gasteiger partial charge in [0.05, 0.1) is 19.8 Å². The van der Waals surface area contributed by atoms with E-state index in [9.17, 15) is 15.0 Å². The number of amides is 1. The number of carbonyl (C=O) groups excluding carboxylic acids is 1. The molecule has 0 bridgehead atoms. The monoisotopic (exact) mass is 244 g/mol. The molecule has 1 saturated carbocycles. The Morgan fingerprint density at radius 1 is 1.29 bits per heavy atom. The molecule has 0 aromatic rings. The van der Waals surface area contributed by atoms with Crippen LogP contribution in [0.4, 0.5) is 0 Å². The van der Waals surface area contributed by atoms with Crippen molar-refractivity contribution in [1.82, 2.24) is 9.80 Å². The number of hydrogen-bond acceptors (Lipinski definition) is 4. The second-order valence-corrected chi connectivity index (χ2v) is 5.53. The molecule has 100 valence electrons. The van der Waals surface area contributed by atoms with E-state index in [1.54, 1.807) is 11.8 Å². The quantitative estimate of drug-likeness (QED) is 0.635. The zero-order chi connectivity index (χ0) is 13.1. The van der Waals surface area contributed by atoms with Gasteiger partial charge < -0.3 is 15.1 Å². The zero-order valence-corrected chi connectivity index (χ0v) is 11.0. The molecule has 0 radical (unpaired) electrons. The highest BCUT2D eigenvalue weighted by Gasteiger charge is 2.31. The maximum absolute atomic E-state index is 11.9. The Bertz CT molecular complexity index is 262. The minimum atomic E-state index is -0.548. The summed E-state index contributed by atoms with van der Waals surface area (Å²) in [6.07, 6.45) is 2.22. The van der Waals surface area contributed by atoms with Crippen molar-refractivity contribution < 1.29 is 15.0 Å². The van der Waals surface area contributed by atoms with Gasteiger partial charge in [-0.2, -0.15) is 0 Å². The fourth-order valence-corrected chi connectivity index (χ4v) is 1.87. The van der Waals surface area contributed by atoms with Gasteiger partial charge in [0.1, 0.15) is 0 Å². The Labute approximate surface area is 103 Å². The first-order chi connectivity index (χ1) is 7.91. The maximum atomic E-state index is 11.9. The summed E-state index contributed by atoms with van der Waals surface area (Å²) in [5.74, 6) is 0.105. The molecule has 17 heavy (non-hydrogen) atoms. The Morgan fingerprint density at radius 2 is 1.82 bits per heavy atom. The molecule has 1 aliphatic rings. The third-order valence-corrected chi connectivity index (χ3v) is 3.31. The number of rotatable bonds is 7. The van der Waals surface area contributed by atoms with E-state index in [1.807, 2.05) is 19.0 Å². The van der Waals surface area contributed by atoms with Gasteiger partial charge in [-0.3, -0.25) is 9.69 Å². The highest BCUT2D eigenvalue weighted by atomic mass is 16.3. The average Bonchev–Trinajstić information content (AvgIpc) is 3.11. The lowest BCUT2D eigenvalue weighted by molar-refractivity contribution is -0.131. The van der Waals surface area contributed by atoms with E-state index in [4.69, 9.17) is 0 Å². The van der Waals surface area contributed by atoms with Crippen molar-refractivity contribution in [2.75, 3.05) is 40.4 Å². The summed E-state index contributed by atoms with van der Waals surface area (Å²) >= 11 is 0. The molecule has 0 aliphatic heterocycles. The van der Waals surface area contributed by atoms with Crippen LogP contribution in [-0.2, 0) is 4.79 Å². The Balaban J connectivity index is 2.37. The van der Waals surface area contributed by atoms with Crippen LogP contribution in [0.3, 0.4) is 0 Å². The van der Waals surface area contributed by atoms with Crippen LogP contribution < -0.4 is 0 Å². The molecule has 1 rings (SSSR count). The third kappa shape index (κ3) is 4.26. The fourth-order valence-electron chi connectivity index (χ4n) is 1.87. The van der Waals surface area contributed by atoms with E-state index in [2.05, 4.69) is 0 Å². The maximum Gasteiger partial charge on any atom is 0.236 e. The molecule has 5 nitrogen and oxygen atoms in total. The van der Waals surface area contributed by atoms with Crippen molar-refractivity contribution in [3.8, 4) is 0 Å². The van der Waals surface area contributed by atoms with Crippen LogP contribution in [0.2, 0.25) is 0 Å². The molecular weight excluding hydrogens is 220 g/mol. The van der Waals surface area contributed by atoms with Gasteiger partial charge in [0.25, 0.3) is 0 Å². The molecular formula is C12H24N2O3. The van der Waals surface area contributed by atoms with Gasteiger partial charge in [0.15, 0.2) is 0 Å². The van der Waals surface area contributed by atoms with Crippen molar-refractivity contribution in [2.45, 2.75) is 25.8 Å². The van der Waals surface area contributed by atoms with Crippen LogP contribution in [0.25, 0.3) is 0 Å². The van der Waals surface area contributed by atoms with E-state index in [0.717, 1.165) is 12.8 Å². The van der Waals surface area contributed by atoms with Crippen LogP contribution in [0.5, 0.6) is 0 Å². The molecule has 0 atom stereocenters. The highest BCUT2D eigenvalue weighted by Crippen LogP contribution is 2.25. The SMILES string of the molecule is CN(CC(=O)N(C)C1CC1)CC(C)(CO)CO. The lowest BCUT2D eigenvalue weighted by atomic mass is 9.92. The lowest BCUT2D eigenvalue weighted by Gasteiger charge is -2.30. The van der Waals surface area contributed by atoms with E-state index >= 15 is 0 Å². The molecule has 1 amide bonds. The zero-order valence-electron chi connectivity index (χ0n) is 11.0. The summed E-state index contributed by atoms with van der Waals surface area (Å²) < 4.78 is 0. The van der Waals surface area contributed by atoms with Gasteiger partial charge >= 0.3 is 0 Å². The number of hydrogen-bond donors (Lipinski definition) is 2. The average molecular weight is 244 g/mol. The van der Waals surface area contributed by atoms with Gasteiger partial charge in [-0.15, -0.1) is 0 Å². The van der Waals surface area contributed by atoms with Crippen molar-refractivity contribution in [1.29, 1.82) is 0 Å². The normalized spacial score (nSPS) is 16.4. The molecule has 1 fully saturated rings. The molecule has 0 unspecified atom stereocenters. The lowest BCUT2D eigenvalue weighted by Crippen LogP contribution is -2.44. The van der Waals surface area contributed by atoms with Crippen LogP contribution in [0.15, 0.2) is 0 Å². The number of nitrogens with zero attached hydrogens (tertiary/aromatic N) is 2. The van der Waals surface area contributed by atoms with Crippen molar-refractivity contribution in [2.24, 2.45) is 5.41 Å². The van der Waals surface area contributed by atoms with E-state index in [1.165, 1.54) is 0 Å². The van der Waals surface area contributed by atoms with Crippen LogP contribution in [0, 0.1) is 5.41 Å². The van der Waals surface area contributed by atoms with E-state index < -0.39 is 5.41 Å². The molecule has 1 aliphatic carbocycles. The second kappa shape index (κ2) is 5.80. The van der Waals surface area contributed by atoms with Crippen molar-refractivity contribution in [3.63, 3.8) is 0 Å². The van der Waals surface area contributed by atoms with Gasteiger partial charge in [0, 0.05) is 25.0 Å². The summed E-state index contributed by atoms with van der Waals surface area (Å²) in [5, 5.41) is 18.4. The predicted octanol–water partition coefficient (Wildman–Crippen LogP) is -0.470. The largest absolute Gasteiger partial charge is 0.396 e. The van der Waals surface area contributed by atoms with E-state index in [0.29, 0.717) is 19.1 Å². The molecule has 0 saturated heterocycles. The molecule has 0 heterocycles. The number of likely N-dealkylation sites (N-methyl/N-ethyl adjacent to an activating group) is 2. The first kappa shape index (κ1) is 14.4. The van der Waals surface area contributed by atoms with Gasteiger partial charge in [-0.25, -0.2) is 0 Å². The molecule has 5 heteroatoms. The summed E-state index contributed by atoms with van der Waals surface area (Å²) in [6.45, 7) is 2.48. The molecule has 2 N–H and O–H groups in total. The summed E-state index contributed by atoms with van der Waals surface area (Å²) in [4.78, 5) is 15.5. The smallest absolute Gasteiger partial charge is 0.236 e. The topological polar surface area (TPSA) is 64.0 Å². The van der Waals surface area contributed by atoms with Crippen molar-refractivity contribution in [3.05, 3.63) is 0 Å². The predicted molar refractivity (Wildman–Crippen MR) is 65.6 cm³/mol. The first-order valence-corrected chi connectivity index (χ1v) is 6.08. The summed E-state index contributed by atoms with van der Waals surface area (Å²) in [5.41, 5.74) is -0.548. The highest BCUT2D eigenvalue weighted by molar-refractivity contribution is 5.78. The van der Waals surface area contributed by atoms with Gasteiger partial charge in [0.2, 0.25) is 5.91 Å². The fraction of sp³-hybridized carbons (Fsp3) is 0.917. The summed E-state index contributed by atoms with van der Waals surface area (Å²) in [7, 11) is 3.67. The minimum Gasteiger partial charge on any atom is -0.396 e. The van der Waals surface area contributed by atoms with Crippen LogP contribution in [-0.4, -0.2) is 72.4 Å². The number of aliphatic hydroxyl groups excluding tert-OH is 2. The summed E-state index contributed by atoms with van der Waals surface area (Å²) in [6, 6.07) is 0.429. The van der Waals surface area contributed by atoms with Crippen LogP contribution >= 0.6 is 0 Å². The van der Waals surface area contributed by atoms with Crippen molar-refractivity contribution >= 4 is 5.91 Å². The molecule has 0 spiro atoms. The molecule has 0 aromatic carbocycles. The van der Waals surface area contributed by atoms with Gasteiger partial charge in [-0.1, -0.05) is 6.92 Å². The Kier molecular flexibility index (Phi) is 4.91. The Morgan fingerprint density at radius 3 is 2.24 bits per heavy atom. The minimum absolute atomic E-state index is 0.0828. The number of carbonyl (C=O) groups is 1. The standard InChI is InChI=1S/C12H24N2O3/c1-12(8-15,9-16)7-13(2)6-11(17)14(3)10-4-5-10/h10,15-16H,4-9H2,1-3H3. The Hall–Kier alpha value is -0.650. The second-order valence-electron chi connectivity index (χ2n) is 5.53.